The van der Waals surface area contributed by atoms with Crippen LogP contribution in [0.3, 0.4) is 0 Å². The van der Waals surface area contributed by atoms with Crippen LogP contribution < -0.4 is 10.0 Å². The van der Waals surface area contributed by atoms with Crippen LogP contribution in [0.4, 0.5) is 10.1 Å². The number of rotatable bonds is 5. The zero-order valence-corrected chi connectivity index (χ0v) is 17.9. The Bertz CT molecular complexity index is 987. The van der Waals surface area contributed by atoms with E-state index in [2.05, 4.69) is 10.0 Å². The first-order valence-electron chi connectivity index (χ1n) is 9.34. The molecule has 2 aromatic rings. The minimum absolute atomic E-state index is 0.154. The maximum atomic E-state index is 14.3. The highest BCUT2D eigenvalue weighted by molar-refractivity contribution is 7.89. The molecular formula is C20H21Cl2FN2O3S. The fraction of sp³-hybridized carbons (Fsp3) is 0.350. The second-order valence-electron chi connectivity index (χ2n) is 7.06. The molecule has 0 aromatic heterocycles. The third-order valence-corrected chi connectivity index (χ3v) is 6.74. The summed E-state index contributed by atoms with van der Waals surface area (Å²) in [6.07, 6.45) is 5.64. The van der Waals surface area contributed by atoms with Crippen molar-refractivity contribution in [1.29, 1.82) is 0 Å². The van der Waals surface area contributed by atoms with E-state index in [4.69, 9.17) is 23.2 Å². The van der Waals surface area contributed by atoms with Gasteiger partial charge in [-0.25, -0.2) is 17.5 Å². The quantitative estimate of drug-likeness (QED) is 0.589. The van der Waals surface area contributed by atoms with Gasteiger partial charge in [0.25, 0.3) is 5.91 Å². The minimum Gasteiger partial charge on any atom is -0.322 e. The maximum absolute atomic E-state index is 14.3. The summed E-state index contributed by atoms with van der Waals surface area (Å²) >= 11 is 11.8. The molecule has 1 amide bonds. The molecule has 0 aliphatic heterocycles. The molecule has 3 rings (SSSR count). The van der Waals surface area contributed by atoms with Crippen LogP contribution in [0.15, 0.2) is 41.3 Å². The normalized spacial score (nSPS) is 15.7. The molecule has 1 aliphatic rings. The molecule has 0 spiro atoms. The summed E-state index contributed by atoms with van der Waals surface area (Å²) in [5, 5.41) is 3.09. The van der Waals surface area contributed by atoms with Crippen LogP contribution >= 0.6 is 23.2 Å². The number of sulfonamides is 1. The number of hydrogen-bond acceptors (Lipinski definition) is 3. The Morgan fingerprint density at radius 2 is 1.59 bits per heavy atom. The van der Waals surface area contributed by atoms with Gasteiger partial charge < -0.3 is 5.32 Å². The molecule has 2 aromatic carbocycles. The largest absolute Gasteiger partial charge is 0.322 e. The number of halogens is 3. The third kappa shape index (κ3) is 5.92. The fourth-order valence-corrected chi connectivity index (χ4v) is 5.21. The summed E-state index contributed by atoms with van der Waals surface area (Å²) in [5.74, 6) is -1.63. The highest BCUT2D eigenvalue weighted by atomic mass is 35.5. The van der Waals surface area contributed by atoms with Crippen LogP contribution in [-0.4, -0.2) is 20.4 Å². The van der Waals surface area contributed by atoms with Crippen LogP contribution in [-0.2, 0) is 10.0 Å². The van der Waals surface area contributed by atoms with Crippen LogP contribution in [0.1, 0.15) is 48.9 Å². The molecule has 156 valence electrons. The van der Waals surface area contributed by atoms with Gasteiger partial charge in [-0.3, -0.25) is 4.79 Å². The van der Waals surface area contributed by atoms with E-state index in [9.17, 15) is 17.6 Å². The first-order valence-corrected chi connectivity index (χ1v) is 11.6. The van der Waals surface area contributed by atoms with Crippen molar-refractivity contribution in [3.63, 3.8) is 0 Å². The molecule has 2 N–H and O–H groups in total. The lowest BCUT2D eigenvalue weighted by Gasteiger charge is -2.17. The smallest absolute Gasteiger partial charge is 0.258 e. The van der Waals surface area contributed by atoms with Gasteiger partial charge in [0.1, 0.15) is 5.82 Å². The van der Waals surface area contributed by atoms with Gasteiger partial charge in [-0.2, -0.15) is 0 Å². The number of anilines is 1. The highest BCUT2D eigenvalue weighted by Crippen LogP contribution is 2.24. The van der Waals surface area contributed by atoms with E-state index in [1.807, 2.05) is 0 Å². The number of carbonyl (C=O) groups is 1. The Hall–Kier alpha value is -1.67. The molecule has 0 bridgehead atoms. The number of hydrogen-bond donors (Lipinski definition) is 2. The van der Waals surface area contributed by atoms with Crippen molar-refractivity contribution in [2.75, 3.05) is 5.32 Å². The zero-order valence-electron chi connectivity index (χ0n) is 15.6. The minimum atomic E-state index is -3.87. The maximum Gasteiger partial charge on any atom is 0.258 e. The van der Waals surface area contributed by atoms with Gasteiger partial charge in [0.05, 0.1) is 10.5 Å². The predicted octanol–water partition coefficient (Wildman–Crippen LogP) is 5.39. The summed E-state index contributed by atoms with van der Waals surface area (Å²) in [6, 6.07) is 7.41. The molecule has 0 radical (unpaired) electrons. The van der Waals surface area contributed by atoms with Gasteiger partial charge in [0.2, 0.25) is 10.0 Å². The van der Waals surface area contributed by atoms with Crippen molar-refractivity contribution >= 4 is 44.8 Å². The van der Waals surface area contributed by atoms with Crippen LogP contribution in [0, 0.1) is 5.82 Å². The molecule has 1 saturated carbocycles. The Kier molecular flexibility index (Phi) is 7.16. The van der Waals surface area contributed by atoms with Gasteiger partial charge >= 0.3 is 0 Å². The van der Waals surface area contributed by atoms with Gasteiger partial charge in [-0.15, -0.1) is 0 Å². The van der Waals surface area contributed by atoms with Gasteiger partial charge in [-0.1, -0.05) is 48.9 Å². The number of nitrogens with one attached hydrogen (secondary N) is 2. The second-order valence-corrected chi connectivity index (χ2v) is 9.65. The summed E-state index contributed by atoms with van der Waals surface area (Å²) in [5.41, 5.74) is -0.110. The summed E-state index contributed by atoms with van der Waals surface area (Å²) < 4.78 is 42.4. The van der Waals surface area contributed by atoms with Crippen molar-refractivity contribution in [2.24, 2.45) is 0 Å². The topological polar surface area (TPSA) is 75.3 Å². The van der Waals surface area contributed by atoms with Crippen LogP contribution in [0.5, 0.6) is 0 Å². The summed E-state index contributed by atoms with van der Waals surface area (Å²) in [6.45, 7) is 0. The molecule has 5 nitrogen and oxygen atoms in total. The fourth-order valence-electron chi connectivity index (χ4n) is 3.35. The second kappa shape index (κ2) is 9.43. The lowest BCUT2D eigenvalue weighted by Crippen LogP contribution is -2.34. The van der Waals surface area contributed by atoms with Gasteiger partial charge in [-0.05, 0) is 49.2 Å². The van der Waals surface area contributed by atoms with E-state index in [-0.39, 0.29) is 22.2 Å². The van der Waals surface area contributed by atoms with E-state index in [0.29, 0.717) is 10.0 Å². The van der Waals surface area contributed by atoms with Crippen LogP contribution in [0.2, 0.25) is 10.0 Å². The molecule has 1 fully saturated rings. The van der Waals surface area contributed by atoms with Crippen molar-refractivity contribution in [3.05, 3.63) is 57.8 Å². The third-order valence-electron chi connectivity index (χ3n) is 4.79. The molecule has 29 heavy (non-hydrogen) atoms. The predicted molar refractivity (Wildman–Crippen MR) is 113 cm³/mol. The van der Waals surface area contributed by atoms with E-state index >= 15 is 0 Å². The molecule has 0 heterocycles. The van der Waals surface area contributed by atoms with Gasteiger partial charge in [0.15, 0.2) is 0 Å². The Labute approximate surface area is 179 Å². The van der Waals surface area contributed by atoms with Crippen molar-refractivity contribution in [3.8, 4) is 0 Å². The van der Waals surface area contributed by atoms with Crippen molar-refractivity contribution < 1.29 is 17.6 Å². The lowest BCUT2D eigenvalue weighted by molar-refractivity contribution is 0.102. The number of amides is 1. The molecule has 1 aliphatic carbocycles. The molecule has 0 saturated heterocycles. The van der Waals surface area contributed by atoms with Crippen LogP contribution in [0.25, 0.3) is 0 Å². The summed E-state index contributed by atoms with van der Waals surface area (Å²) in [4.78, 5) is 12.4. The van der Waals surface area contributed by atoms with Gasteiger partial charge in [0, 0.05) is 21.8 Å². The first kappa shape index (κ1) is 22.0. The zero-order chi connectivity index (χ0) is 21.0. The Morgan fingerprint density at radius 1 is 0.966 bits per heavy atom. The Morgan fingerprint density at radius 3 is 2.21 bits per heavy atom. The Balaban J connectivity index is 1.82. The van der Waals surface area contributed by atoms with E-state index in [1.165, 1.54) is 18.2 Å². The molecule has 9 heteroatoms. The number of carbonyl (C=O) groups excluding carboxylic acids is 1. The van der Waals surface area contributed by atoms with E-state index in [0.717, 1.165) is 56.7 Å². The standard InChI is InChI=1S/C20H21Cl2FN2O3S/c21-13-9-14(22)11-16(10-13)24-20(26)18-12-17(7-8-19(18)23)29(27,28)25-15-5-3-1-2-4-6-15/h7-12,15,25H,1-6H2,(H,24,26). The molecule has 0 unspecified atom stereocenters. The molecular weight excluding hydrogens is 438 g/mol. The van der Waals surface area contributed by atoms with E-state index in [1.54, 1.807) is 0 Å². The lowest BCUT2D eigenvalue weighted by atomic mass is 10.1. The van der Waals surface area contributed by atoms with E-state index < -0.39 is 21.7 Å². The number of benzene rings is 2. The molecule has 0 atom stereocenters. The average molecular weight is 459 g/mol. The van der Waals surface area contributed by atoms with Crippen molar-refractivity contribution in [2.45, 2.75) is 49.5 Å². The average Bonchev–Trinajstić information content (AvgIpc) is 2.89. The van der Waals surface area contributed by atoms with Crippen molar-refractivity contribution in [1.82, 2.24) is 4.72 Å². The monoisotopic (exact) mass is 458 g/mol. The first-order chi connectivity index (χ1) is 13.7. The summed E-state index contributed by atoms with van der Waals surface area (Å²) in [7, 11) is -3.87. The SMILES string of the molecule is O=C(Nc1cc(Cl)cc(Cl)c1)c1cc(S(=O)(=O)NC2CCCCCC2)ccc1F. The highest BCUT2D eigenvalue weighted by Gasteiger charge is 2.23.